The van der Waals surface area contributed by atoms with Crippen LogP contribution < -0.4 is 5.32 Å². The normalized spacial score (nSPS) is 21.4. The molecular weight excluding hydrogens is 181 g/mol. The molecule has 1 saturated heterocycles. The lowest BCUT2D eigenvalue weighted by Gasteiger charge is -2.13. The van der Waals surface area contributed by atoms with Gasteiger partial charge in [-0.2, -0.15) is 0 Å². The Hall–Kier alpha value is -1.09. The zero-order valence-corrected chi connectivity index (χ0v) is 8.18. The number of rotatable bonds is 1. The van der Waals surface area contributed by atoms with Crippen LogP contribution in [0.4, 0.5) is 4.39 Å². The van der Waals surface area contributed by atoms with E-state index in [9.17, 15) is 9.50 Å². The zero-order chi connectivity index (χ0) is 10.1. The molecule has 1 heterocycles. The summed E-state index contributed by atoms with van der Waals surface area (Å²) in [4.78, 5) is 0. The van der Waals surface area contributed by atoms with E-state index in [1.807, 2.05) is 0 Å². The van der Waals surface area contributed by atoms with E-state index in [1.54, 1.807) is 13.0 Å². The molecule has 0 amide bonds. The Balaban J connectivity index is 2.37. The van der Waals surface area contributed by atoms with Crippen LogP contribution in [-0.4, -0.2) is 11.7 Å². The van der Waals surface area contributed by atoms with Crippen molar-refractivity contribution < 1.29 is 9.50 Å². The third-order valence-electron chi connectivity index (χ3n) is 2.75. The molecule has 2 N–H and O–H groups in total. The highest BCUT2D eigenvalue weighted by Crippen LogP contribution is 2.29. The Bertz CT molecular complexity index is 345. The molecule has 1 aliphatic rings. The minimum Gasteiger partial charge on any atom is -0.508 e. The molecular formula is C11H14FNO. The van der Waals surface area contributed by atoms with Crippen molar-refractivity contribution in [2.24, 2.45) is 0 Å². The second kappa shape index (κ2) is 3.58. The van der Waals surface area contributed by atoms with Crippen molar-refractivity contribution in [2.75, 3.05) is 6.54 Å². The topological polar surface area (TPSA) is 32.3 Å². The monoisotopic (exact) mass is 195 g/mol. The summed E-state index contributed by atoms with van der Waals surface area (Å²) < 4.78 is 13.5. The molecule has 1 atom stereocenters. The molecule has 1 fully saturated rings. The lowest BCUT2D eigenvalue weighted by molar-refractivity contribution is 0.461. The highest BCUT2D eigenvalue weighted by Gasteiger charge is 2.20. The fourth-order valence-electron chi connectivity index (χ4n) is 1.91. The van der Waals surface area contributed by atoms with Gasteiger partial charge in [0.1, 0.15) is 11.6 Å². The van der Waals surface area contributed by atoms with E-state index in [0.717, 1.165) is 24.9 Å². The first-order chi connectivity index (χ1) is 6.68. The van der Waals surface area contributed by atoms with Gasteiger partial charge in [0.25, 0.3) is 0 Å². The number of phenols is 1. The number of hydrogen-bond acceptors (Lipinski definition) is 2. The molecule has 76 valence electrons. The Morgan fingerprint density at radius 1 is 1.50 bits per heavy atom. The first kappa shape index (κ1) is 9.46. The molecule has 3 heteroatoms. The molecule has 2 rings (SSSR count). The average Bonchev–Trinajstić information content (AvgIpc) is 2.64. The minimum absolute atomic E-state index is 0.0317. The van der Waals surface area contributed by atoms with Crippen LogP contribution in [-0.2, 0) is 0 Å². The molecule has 0 spiro atoms. The average molecular weight is 195 g/mol. The Morgan fingerprint density at radius 3 is 2.93 bits per heavy atom. The molecule has 0 aromatic heterocycles. The van der Waals surface area contributed by atoms with Gasteiger partial charge in [0, 0.05) is 17.7 Å². The van der Waals surface area contributed by atoms with Crippen molar-refractivity contribution in [1.82, 2.24) is 5.32 Å². The number of phenolic OH excluding ortho intramolecular Hbond substituents is 1. The van der Waals surface area contributed by atoms with E-state index in [2.05, 4.69) is 5.32 Å². The van der Waals surface area contributed by atoms with Gasteiger partial charge < -0.3 is 10.4 Å². The Morgan fingerprint density at radius 2 is 2.29 bits per heavy atom. The summed E-state index contributed by atoms with van der Waals surface area (Å²) in [5.41, 5.74) is 1.41. The van der Waals surface area contributed by atoms with E-state index < -0.39 is 0 Å². The summed E-state index contributed by atoms with van der Waals surface area (Å²) in [6, 6.07) is 3.05. The van der Waals surface area contributed by atoms with E-state index in [0.29, 0.717) is 5.56 Å². The van der Waals surface area contributed by atoms with Crippen LogP contribution in [0.15, 0.2) is 12.1 Å². The molecule has 0 aliphatic carbocycles. The molecule has 0 radical (unpaired) electrons. The Kier molecular flexibility index (Phi) is 2.42. The van der Waals surface area contributed by atoms with E-state index in [-0.39, 0.29) is 17.6 Å². The van der Waals surface area contributed by atoms with Crippen molar-refractivity contribution in [3.8, 4) is 5.75 Å². The molecule has 1 aliphatic heterocycles. The fourth-order valence-corrected chi connectivity index (χ4v) is 1.91. The summed E-state index contributed by atoms with van der Waals surface area (Å²) >= 11 is 0. The fraction of sp³-hybridized carbons (Fsp3) is 0.455. The number of aryl methyl sites for hydroxylation is 1. The van der Waals surface area contributed by atoms with Crippen molar-refractivity contribution in [1.29, 1.82) is 0 Å². The summed E-state index contributed by atoms with van der Waals surface area (Å²) in [5.74, 6) is -0.281. The predicted octanol–water partition coefficient (Wildman–Crippen LogP) is 2.26. The summed E-state index contributed by atoms with van der Waals surface area (Å²) in [6.45, 7) is 2.73. The highest BCUT2D eigenvalue weighted by atomic mass is 19.1. The van der Waals surface area contributed by atoms with Gasteiger partial charge in [-0.1, -0.05) is 0 Å². The summed E-state index contributed by atoms with van der Waals surface area (Å²) in [5, 5.41) is 12.5. The predicted molar refractivity (Wildman–Crippen MR) is 52.8 cm³/mol. The van der Waals surface area contributed by atoms with Gasteiger partial charge in [0.2, 0.25) is 0 Å². The van der Waals surface area contributed by atoms with Crippen molar-refractivity contribution in [3.63, 3.8) is 0 Å². The van der Waals surface area contributed by atoms with Crippen LogP contribution in [0.1, 0.15) is 30.0 Å². The van der Waals surface area contributed by atoms with Gasteiger partial charge in [0.05, 0.1) is 0 Å². The maximum atomic E-state index is 13.5. The first-order valence-electron chi connectivity index (χ1n) is 4.91. The lowest BCUT2D eigenvalue weighted by Crippen LogP contribution is -2.14. The zero-order valence-electron chi connectivity index (χ0n) is 8.18. The molecule has 0 saturated carbocycles. The molecule has 1 aromatic rings. The van der Waals surface area contributed by atoms with Gasteiger partial charge in [-0.15, -0.1) is 0 Å². The number of halogens is 1. The minimum atomic E-state index is -0.312. The summed E-state index contributed by atoms with van der Waals surface area (Å²) in [6.07, 6.45) is 2.06. The SMILES string of the molecule is Cc1cc(C2CCCN2)c(F)cc1O. The van der Waals surface area contributed by atoms with Crippen LogP contribution in [0.2, 0.25) is 0 Å². The number of benzene rings is 1. The van der Waals surface area contributed by atoms with Crippen molar-refractivity contribution >= 4 is 0 Å². The van der Waals surface area contributed by atoms with Crippen LogP contribution in [0.25, 0.3) is 0 Å². The largest absolute Gasteiger partial charge is 0.508 e. The van der Waals surface area contributed by atoms with Crippen LogP contribution in [0, 0.1) is 12.7 Å². The van der Waals surface area contributed by atoms with Crippen molar-refractivity contribution in [3.05, 3.63) is 29.1 Å². The number of nitrogens with one attached hydrogen (secondary N) is 1. The van der Waals surface area contributed by atoms with Crippen LogP contribution >= 0.6 is 0 Å². The second-order valence-corrected chi connectivity index (χ2v) is 3.81. The van der Waals surface area contributed by atoms with Gasteiger partial charge in [-0.25, -0.2) is 4.39 Å². The Labute approximate surface area is 82.8 Å². The first-order valence-corrected chi connectivity index (χ1v) is 4.91. The van der Waals surface area contributed by atoms with Crippen molar-refractivity contribution in [2.45, 2.75) is 25.8 Å². The maximum absolute atomic E-state index is 13.5. The van der Waals surface area contributed by atoms with Gasteiger partial charge in [-0.05, 0) is 37.9 Å². The molecule has 1 unspecified atom stereocenters. The highest BCUT2D eigenvalue weighted by molar-refractivity contribution is 5.37. The number of aromatic hydroxyl groups is 1. The smallest absolute Gasteiger partial charge is 0.131 e. The quantitative estimate of drug-likeness (QED) is 0.720. The standard InChI is InChI=1S/C11H14FNO/c1-7-5-8(9(12)6-11(7)14)10-3-2-4-13-10/h5-6,10,13-14H,2-4H2,1H3. The third kappa shape index (κ3) is 1.60. The molecule has 14 heavy (non-hydrogen) atoms. The molecule has 2 nitrogen and oxygen atoms in total. The van der Waals surface area contributed by atoms with Gasteiger partial charge >= 0.3 is 0 Å². The third-order valence-corrected chi connectivity index (χ3v) is 2.75. The van der Waals surface area contributed by atoms with Crippen LogP contribution in [0.3, 0.4) is 0 Å². The second-order valence-electron chi connectivity index (χ2n) is 3.81. The van der Waals surface area contributed by atoms with Gasteiger partial charge in [-0.3, -0.25) is 0 Å². The van der Waals surface area contributed by atoms with E-state index in [4.69, 9.17) is 0 Å². The number of hydrogen-bond donors (Lipinski definition) is 2. The van der Waals surface area contributed by atoms with E-state index >= 15 is 0 Å². The molecule has 0 bridgehead atoms. The molecule has 1 aromatic carbocycles. The maximum Gasteiger partial charge on any atom is 0.131 e. The lowest BCUT2D eigenvalue weighted by atomic mass is 10.0. The van der Waals surface area contributed by atoms with E-state index in [1.165, 1.54) is 6.07 Å². The van der Waals surface area contributed by atoms with Gasteiger partial charge in [0.15, 0.2) is 0 Å². The summed E-state index contributed by atoms with van der Waals surface area (Å²) in [7, 11) is 0. The van der Waals surface area contributed by atoms with Crippen LogP contribution in [0.5, 0.6) is 5.75 Å².